The van der Waals surface area contributed by atoms with E-state index in [0.29, 0.717) is 5.89 Å². The molecular weight excluding hydrogens is 250 g/mol. The zero-order chi connectivity index (χ0) is 13.7. The quantitative estimate of drug-likeness (QED) is 0.875. The number of aromatic nitrogens is 2. The van der Waals surface area contributed by atoms with Crippen LogP contribution >= 0.6 is 0 Å². The molecule has 1 N–H and O–H groups in total. The molecule has 100 valence electrons. The number of ether oxygens (including phenoxy) is 2. The third-order valence-electron chi connectivity index (χ3n) is 2.28. The van der Waals surface area contributed by atoms with Crippen molar-refractivity contribution < 1.29 is 18.7 Å². The monoisotopic (exact) mass is 263 g/mol. The standard InChI is InChI=1S/C12H13N3O4/c1-17-7-10(16)13-12-15-14-11(19-12)8-3-5-9(18-2)6-4-8/h3-6H,7H2,1-2H3,(H,13,15,16). The molecule has 0 saturated heterocycles. The third-order valence-corrected chi connectivity index (χ3v) is 2.28. The van der Waals surface area contributed by atoms with E-state index in [-0.39, 0.29) is 18.5 Å². The van der Waals surface area contributed by atoms with Crippen molar-refractivity contribution in [3.05, 3.63) is 24.3 Å². The molecule has 0 atom stereocenters. The van der Waals surface area contributed by atoms with Crippen LogP contribution in [-0.4, -0.2) is 36.9 Å². The van der Waals surface area contributed by atoms with E-state index >= 15 is 0 Å². The molecule has 0 radical (unpaired) electrons. The predicted molar refractivity (Wildman–Crippen MR) is 66.8 cm³/mol. The van der Waals surface area contributed by atoms with Gasteiger partial charge in [0.2, 0.25) is 5.89 Å². The third kappa shape index (κ3) is 3.29. The average Bonchev–Trinajstić information content (AvgIpc) is 2.87. The number of carbonyl (C=O) groups is 1. The lowest BCUT2D eigenvalue weighted by Gasteiger charge is -1.99. The van der Waals surface area contributed by atoms with Gasteiger partial charge in [0.05, 0.1) is 7.11 Å². The Labute approximate surface area is 109 Å². The van der Waals surface area contributed by atoms with Crippen molar-refractivity contribution in [2.45, 2.75) is 0 Å². The number of benzene rings is 1. The van der Waals surface area contributed by atoms with Gasteiger partial charge in [-0.3, -0.25) is 10.1 Å². The molecular formula is C12H13N3O4. The highest BCUT2D eigenvalue weighted by atomic mass is 16.5. The summed E-state index contributed by atoms with van der Waals surface area (Å²) in [4.78, 5) is 11.3. The number of rotatable bonds is 5. The summed E-state index contributed by atoms with van der Waals surface area (Å²) in [7, 11) is 3.02. The van der Waals surface area contributed by atoms with Gasteiger partial charge in [0.1, 0.15) is 12.4 Å². The van der Waals surface area contributed by atoms with Gasteiger partial charge in [-0.15, -0.1) is 5.10 Å². The molecule has 0 bridgehead atoms. The number of amides is 1. The van der Waals surface area contributed by atoms with Gasteiger partial charge in [0.15, 0.2) is 0 Å². The van der Waals surface area contributed by atoms with Gasteiger partial charge in [-0.25, -0.2) is 0 Å². The molecule has 0 spiro atoms. The molecule has 2 rings (SSSR count). The van der Waals surface area contributed by atoms with Gasteiger partial charge in [-0.05, 0) is 24.3 Å². The van der Waals surface area contributed by atoms with Gasteiger partial charge in [-0.1, -0.05) is 5.10 Å². The fraction of sp³-hybridized carbons (Fsp3) is 0.250. The lowest BCUT2D eigenvalue weighted by Crippen LogP contribution is -2.17. The number of carbonyl (C=O) groups excluding carboxylic acids is 1. The van der Waals surface area contributed by atoms with Gasteiger partial charge >= 0.3 is 6.01 Å². The molecule has 1 heterocycles. The normalized spacial score (nSPS) is 10.2. The van der Waals surface area contributed by atoms with Crippen LogP contribution in [-0.2, 0) is 9.53 Å². The van der Waals surface area contributed by atoms with Crippen molar-refractivity contribution in [3.63, 3.8) is 0 Å². The van der Waals surface area contributed by atoms with Crippen molar-refractivity contribution in [3.8, 4) is 17.2 Å². The molecule has 0 aliphatic carbocycles. The second-order valence-corrected chi connectivity index (χ2v) is 3.62. The summed E-state index contributed by atoms with van der Waals surface area (Å²) >= 11 is 0. The van der Waals surface area contributed by atoms with Crippen LogP contribution < -0.4 is 10.1 Å². The highest BCUT2D eigenvalue weighted by Crippen LogP contribution is 2.22. The molecule has 1 aromatic heterocycles. The number of nitrogens with one attached hydrogen (secondary N) is 1. The van der Waals surface area contributed by atoms with Crippen LogP contribution in [0.25, 0.3) is 11.5 Å². The first-order chi connectivity index (χ1) is 9.22. The fourth-order valence-corrected chi connectivity index (χ4v) is 1.41. The number of hydrogen-bond acceptors (Lipinski definition) is 6. The Balaban J connectivity index is 2.09. The van der Waals surface area contributed by atoms with Crippen LogP contribution in [0.2, 0.25) is 0 Å². The van der Waals surface area contributed by atoms with Crippen LogP contribution in [0.15, 0.2) is 28.7 Å². The molecule has 0 fully saturated rings. The molecule has 0 aliphatic heterocycles. The van der Waals surface area contributed by atoms with Crippen molar-refractivity contribution >= 4 is 11.9 Å². The minimum atomic E-state index is -0.354. The minimum Gasteiger partial charge on any atom is -0.497 e. The average molecular weight is 263 g/mol. The lowest BCUT2D eigenvalue weighted by atomic mass is 10.2. The molecule has 0 saturated carbocycles. The summed E-state index contributed by atoms with van der Waals surface area (Å²) in [6, 6.07) is 7.17. The zero-order valence-corrected chi connectivity index (χ0v) is 10.5. The van der Waals surface area contributed by atoms with Crippen LogP contribution in [0.4, 0.5) is 6.01 Å². The van der Waals surface area contributed by atoms with Gasteiger partial charge in [0.25, 0.3) is 5.91 Å². The molecule has 7 nitrogen and oxygen atoms in total. The van der Waals surface area contributed by atoms with Gasteiger partial charge < -0.3 is 13.9 Å². The van der Waals surface area contributed by atoms with Crippen LogP contribution in [0.3, 0.4) is 0 Å². The first-order valence-corrected chi connectivity index (χ1v) is 5.49. The summed E-state index contributed by atoms with van der Waals surface area (Å²) in [5.41, 5.74) is 0.737. The number of hydrogen-bond donors (Lipinski definition) is 1. The Bertz CT molecular complexity index is 550. The van der Waals surface area contributed by atoms with Crippen molar-refractivity contribution in [2.24, 2.45) is 0 Å². The molecule has 1 aromatic carbocycles. The molecule has 0 unspecified atom stereocenters. The highest BCUT2D eigenvalue weighted by Gasteiger charge is 2.11. The SMILES string of the molecule is COCC(=O)Nc1nnc(-c2ccc(OC)cc2)o1. The Morgan fingerprint density at radius 2 is 2.00 bits per heavy atom. The summed E-state index contributed by atoms with van der Waals surface area (Å²) < 4.78 is 15.0. The van der Waals surface area contributed by atoms with E-state index < -0.39 is 0 Å². The Morgan fingerprint density at radius 1 is 1.26 bits per heavy atom. The number of methoxy groups -OCH3 is 2. The van der Waals surface area contributed by atoms with E-state index in [0.717, 1.165) is 11.3 Å². The molecule has 2 aromatic rings. The van der Waals surface area contributed by atoms with Crippen molar-refractivity contribution in [1.82, 2.24) is 10.2 Å². The lowest BCUT2D eigenvalue weighted by molar-refractivity contribution is -0.119. The van der Waals surface area contributed by atoms with Crippen LogP contribution in [0.1, 0.15) is 0 Å². The van der Waals surface area contributed by atoms with Gasteiger partial charge in [-0.2, -0.15) is 0 Å². The Hall–Kier alpha value is -2.41. The highest BCUT2D eigenvalue weighted by molar-refractivity contribution is 5.89. The summed E-state index contributed by atoms with van der Waals surface area (Å²) in [5.74, 6) is 0.694. The largest absolute Gasteiger partial charge is 0.497 e. The smallest absolute Gasteiger partial charge is 0.322 e. The summed E-state index contributed by atoms with van der Waals surface area (Å²) in [5, 5.41) is 9.99. The second-order valence-electron chi connectivity index (χ2n) is 3.62. The molecule has 0 aliphatic rings. The fourth-order valence-electron chi connectivity index (χ4n) is 1.41. The first-order valence-electron chi connectivity index (χ1n) is 5.49. The van der Waals surface area contributed by atoms with E-state index in [2.05, 4.69) is 20.3 Å². The minimum absolute atomic E-state index is 0.0351. The van der Waals surface area contributed by atoms with E-state index in [9.17, 15) is 4.79 Å². The molecule has 19 heavy (non-hydrogen) atoms. The first kappa shape index (κ1) is 13.0. The molecule has 7 heteroatoms. The second kappa shape index (κ2) is 5.96. The number of anilines is 1. The van der Waals surface area contributed by atoms with Crippen molar-refractivity contribution in [2.75, 3.05) is 26.1 Å². The summed E-state index contributed by atoms with van der Waals surface area (Å²) in [6.45, 7) is -0.0692. The van der Waals surface area contributed by atoms with Crippen LogP contribution in [0.5, 0.6) is 5.75 Å². The van der Waals surface area contributed by atoms with E-state index in [1.54, 1.807) is 31.4 Å². The van der Waals surface area contributed by atoms with Crippen molar-refractivity contribution in [1.29, 1.82) is 0 Å². The summed E-state index contributed by atoms with van der Waals surface area (Å²) in [6.07, 6.45) is 0. The Kier molecular flexibility index (Phi) is 4.09. The maximum atomic E-state index is 11.3. The maximum Gasteiger partial charge on any atom is 0.322 e. The molecule has 1 amide bonds. The van der Waals surface area contributed by atoms with Crippen LogP contribution in [0, 0.1) is 0 Å². The van der Waals surface area contributed by atoms with E-state index in [1.807, 2.05) is 0 Å². The number of nitrogens with zero attached hydrogens (tertiary/aromatic N) is 2. The van der Waals surface area contributed by atoms with Gasteiger partial charge in [0, 0.05) is 12.7 Å². The van der Waals surface area contributed by atoms with E-state index in [4.69, 9.17) is 9.15 Å². The zero-order valence-electron chi connectivity index (χ0n) is 10.5. The maximum absolute atomic E-state index is 11.3. The topological polar surface area (TPSA) is 86.5 Å². The Morgan fingerprint density at radius 3 is 2.63 bits per heavy atom. The van der Waals surface area contributed by atoms with E-state index in [1.165, 1.54) is 7.11 Å². The predicted octanol–water partition coefficient (Wildman–Crippen LogP) is 1.33.